The van der Waals surface area contributed by atoms with Crippen molar-refractivity contribution in [1.29, 1.82) is 0 Å². The molecule has 0 aliphatic rings. The molecule has 0 aromatic carbocycles. The molecule has 10 heteroatoms. The predicted molar refractivity (Wildman–Crippen MR) is 335 cm³/mol. The highest BCUT2D eigenvalue weighted by Crippen LogP contribution is 2.43. The van der Waals surface area contributed by atoms with Crippen LogP contribution in [0, 0.1) is 0 Å². The van der Waals surface area contributed by atoms with E-state index >= 15 is 0 Å². The molecule has 0 aliphatic carbocycles. The number of phosphoric ester groups is 1. The van der Waals surface area contributed by atoms with Gasteiger partial charge in [-0.1, -0.05) is 258 Å². The van der Waals surface area contributed by atoms with Crippen LogP contribution in [0.25, 0.3) is 0 Å². The van der Waals surface area contributed by atoms with Crippen molar-refractivity contribution in [3.05, 3.63) is 109 Å². The Morgan fingerprint density at radius 2 is 0.692 bits per heavy atom. The van der Waals surface area contributed by atoms with Gasteiger partial charge in [0.2, 0.25) is 0 Å². The molecule has 0 radical (unpaired) electrons. The van der Waals surface area contributed by atoms with Crippen molar-refractivity contribution in [2.45, 2.75) is 264 Å². The van der Waals surface area contributed by atoms with Crippen LogP contribution in [0.4, 0.5) is 0 Å². The molecule has 0 heterocycles. The van der Waals surface area contributed by atoms with Crippen molar-refractivity contribution in [3.63, 3.8) is 0 Å². The van der Waals surface area contributed by atoms with Crippen molar-refractivity contribution < 1.29 is 42.1 Å². The van der Waals surface area contributed by atoms with Crippen molar-refractivity contribution in [2.75, 3.05) is 47.5 Å². The number of carbonyl (C=O) groups is 2. The van der Waals surface area contributed by atoms with Gasteiger partial charge < -0.3 is 18.9 Å². The minimum atomic E-state index is -4.40. The zero-order valence-corrected chi connectivity index (χ0v) is 51.8. The lowest BCUT2D eigenvalue weighted by molar-refractivity contribution is -0.870. The van der Waals surface area contributed by atoms with Crippen LogP contribution in [0.1, 0.15) is 258 Å². The standard InChI is InChI=1S/C68H118NO8P/c1-6-8-10-12-14-16-18-20-22-24-26-28-30-32-33-34-35-37-39-41-43-45-47-49-51-53-55-57-59-61-68(71)77-66(65-76-78(72,73)75-63-62-69(3,4)5)64-74-67(70)60-58-56-54-52-50-48-46-44-42-40-38-36-31-29-27-25-23-21-19-17-15-13-11-9-7-2/h8-11,14-17,20-23,26-29,32-33,66H,6-7,12-13,18-19,24-25,30-31,34-65H2,1-5H3/p+1/b10-8-,11-9-,16-14-,17-15-,22-20-,23-21-,28-26-,29-27-,33-32-. The van der Waals surface area contributed by atoms with E-state index in [0.717, 1.165) is 96.3 Å². The third-order valence-corrected chi connectivity index (χ3v) is 14.3. The summed E-state index contributed by atoms with van der Waals surface area (Å²) >= 11 is 0. The Balaban J connectivity index is 4.12. The number of carbonyl (C=O) groups excluding carboxylic acids is 2. The van der Waals surface area contributed by atoms with Crippen molar-refractivity contribution in [3.8, 4) is 0 Å². The quantitative estimate of drug-likeness (QED) is 0.0211. The summed E-state index contributed by atoms with van der Waals surface area (Å²) < 4.78 is 34.7. The Morgan fingerprint density at radius 1 is 0.397 bits per heavy atom. The van der Waals surface area contributed by atoms with E-state index in [0.29, 0.717) is 17.4 Å². The minimum absolute atomic E-state index is 0.0270. The number of esters is 2. The van der Waals surface area contributed by atoms with Gasteiger partial charge in [-0.2, -0.15) is 0 Å². The zero-order chi connectivity index (χ0) is 57.0. The summed E-state index contributed by atoms with van der Waals surface area (Å²) in [5.74, 6) is -0.800. The summed E-state index contributed by atoms with van der Waals surface area (Å²) in [5, 5.41) is 0. The van der Waals surface area contributed by atoms with Gasteiger partial charge in [-0.3, -0.25) is 18.6 Å². The third kappa shape index (κ3) is 61.9. The second-order valence-electron chi connectivity index (χ2n) is 22.0. The fourth-order valence-electron chi connectivity index (χ4n) is 8.51. The maximum Gasteiger partial charge on any atom is 0.472 e. The summed E-state index contributed by atoms with van der Waals surface area (Å²) in [6.45, 7) is 4.22. The van der Waals surface area contributed by atoms with Crippen molar-refractivity contribution in [2.24, 2.45) is 0 Å². The molecule has 0 amide bonds. The van der Waals surface area contributed by atoms with Gasteiger partial charge in [0.15, 0.2) is 6.10 Å². The van der Waals surface area contributed by atoms with Gasteiger partial charge in [-0.25, -0.2) is 4.57 Å². The number of nitrogens with zero attached hydrogens (tertiary/aromatic N) is 1. The fraction of sp³-hybridized carbons (Fsp3) is 0.706. The number of rotatable bonds is 57. The maximum absolute atomic E-state index is 12.9. The van der Waals surface area contributed by atoms with Gasteiger partial charge in [-0.15, -0.1) is 0 Å². The zero-order valence-electron chi connectivity index (χ0n) is 50.9. The molecule has 0 aliphatic heterocycles. The van der Waals surface area contributed by atoms with Gasteiger partial charge in [0.25, 0.3) is 0 Å². The van der Waals surface area contributed by atoms with Gasteiger partial charge >= 0.3 is 19.8 Å². The molecule has 9 nitrogen and oxygen atoms in total. The van der Waals surface area contributed by atoms with Crippen molar-refractivity contribution in [1.82, 2.24) is 0 Å². The number of quaternary nitrogens is 1. The van der Waals surface area contributed by atoms with Crippen LogP contribution < -0.4 is 0 Å². The first kappa shape index (κ1) is 74.7. The molecule has 0 spiro atoms. The number of phosphoric acid groups is 1. The lowest BCUT2D eigenvalue weighted by Crippen LogP contribution is -2.37. The van der Waals surface area contributed by atoms with E-state index in [1.165, 1.54) is 128 Å². The minimum Gasteiger partial charge on any atom is -0.462 e. The lowest BCUT2D eigenvalue weighted by atomic mass is 10.0. The molecule has 0 aromatic heterocycles. The Morgan fingerprint density at radius 3 is 1.03 bits per heavy atom. The van der Waals surface area contributed by atoms with E-state index in [1.54, 1.807) is 0 Å². The Labute approximate surface area is 480 Å². The Kier molecular flexibility index (Phi) is 55.8. The molecule has 0 saturated heterocycles. The third-order valence-electron chi connectivity index (χ3n) is 13.3. The van der Waals surface area contributed by atoms with E-state index in [1.807, 2.05) is 21.1 Å². The first-order chi connectivity index (χ1) is 38.0. The highest BCUT2D eigenvalue weighted by Gasteiger charge is 2.27. The second kappa shape index (κ2) is 58.3. The summed E-state index contributed by atoms with van der Waals surface area (Å²) in [6.07, 6.45) is 81.6. The molecule has 2 unspecified atom stereocenters. The number of likely N-dealkylation sites (N-methyl/N-ethyl adjacent to an activating group) is 1. The van der Waals surface area contributed by atoms with Crippen molar-refractivity contribution >= 4 is 19.8 Å². The van der Waals surface area contributed by atoms with Gasteiger partial charge in [0, 0.05) is 12.8 Å². The average molecular weight is 1110 g/mol. The first-order valence-corrected chi connectivity index (χ1v) is 33.1. The number of hydrogen-bond acceptors (Lipinski definition) is 7. The summed E-state index contributed by atoms with van der Waals surface area (Å²) in [5.41, 5.74) is 0. The highest BCUT2D eigenvalue weighted by molar-refractivity contribution is 7.47. The smallest absolute Gasteiger partial charge is 0.462 e. The number of unbranched alkanes of at least 4 members (excludes halogenated alkanes) is 25. The van der Waals surface area contributed by atoms with Gasteiger partial charge in [-0.05, 0) is 96.3 Å². The average Bonchev–Trinajstić information content (AvgIpc) is 3.41. The Bertz CT molecular complexity index is 1680. The SMILES string of the molecule is CC/C=C\C/C=C\C/C=C\C/C=C\C/C=C\CCCCCCCCCCCCCCCC(=O)OC(COC(=O)CCCCCCCCCCCCCC/C=C\C/C=C\C/C=C\C/C=C\CC)COP(=O)(O)OCC[N+](C)(C)C. The second-order valence-corrected chi connectivity index (χ2v) is 23.5. The molecule has 0 fully saturated rings. The molecule has 0 bridgehead atoms. The predicted octanol–water partition coefficient (Wildman–Crippen LogP) is 20.2. The number of allylic oxidation sites excluding steroid dienone is 18. The Hall–Kier alpha value is -3.33. The number of hydrogen-bond donors (Lipinski definition) is 1. The summed E-state index contributed by atoms with van der Waals surface area (Å²) in [6, 6.07) is 0. The first-order valence-electron chi connectivity index (χ1n) is 31.6. The summed E-state index contributed by atoms with van der Waals surface area (Å²) in [7, 11) is 1.47. The molecular formula is C68H119NO8P+. The van der Waals surface area contributed by atoms with E-state index in [-0.39, 0.29) is 32.0 Å². The molecule has 0 saturated carbocycles. The fourth-order valence-corrected chi connectivity index (χ4v) is 9.25. The molecule has 448 valence electrons. The molecule has 0 aromatic rings. The molecule has 1 N–H and O–H groups in total. The van der Waals surface area contributed by atoms with Crippen LogP contribution in [0.15, 0.2) is 109 Å². The van der Waals surface area contributed by atoms with Crippen LogP contribution in [0.2, 0.25) is 0 Å². The van der Waals surface area contributed by atoms with E-state index in [9.17, 15) is 19.0 Å². The molecule has 0 rings (SSSR count). The monoisotopic (exact) mass is 1110 g/mol. The van der Waals surface area contributed by atoms with Crippen LogP contribution in [-0.2, 0) is 32.7 Å². The largest absolute Gasteiger partial charge is 0.472 e. The number of ether oxygens (including phenoxy) is 2. The van der Waals surface area contributed by atoms with E-state index < -0.39 is 26.5 Å². The van der Waals surface area contributed by atoms with Gasteiger partial charge in [0.05, 0.1) is 27.7 Å². The molecule has 78 heavy (non-hydrogen) atoms. The molecular weight excluding hydrogens is 990 g/mol. The maximum atomic E-state index is 12.9. The van der Waals surface area contributed by atoms with Gasteiger partial charge in [0.1, 0.15) is 19.8 Å². The molecule has 2 atom stereocenters. The van der Waals surface area contributed by atoms with Crippen LogP contribution in [0.5, 0.6) is 0 Å². The van der Waals surface area contributed by atoms with Crippen LogP contribution in [0.3, 0.4) is 0 Å². The highest BCUT2D eigenvalue weighted by atomic mass is 31.2. The van der Waals surface area contributed by atoms with E-state index in [2.05, 4.69) is 123 Å². The summed E-state index contributed by atoms with van der Waals surface area (Å²) in [4.78, 5) is 35.8. The lowest BCUT2D eigenvalue weighted by Gasteiger charge is -2.24. The normalized spacial score (nSPS) is 14.0. The van der Waals surface area contributed by atoms with Crippen LogP contribution in [-0.4, -0.2) is 74.9 Å². The van der Waals surface area contributed by atoms with E-state index in [4.69, 9.17) is 18.5 Å². The topological polar surface area (TPSA) is 108 Å². The van der Waals surface area contributed by atoms with Crippen LogP contribution >= 0.6 is 7.82 Å².